The van der Waals surface area contributed by atoms with Crippen LogP contribution in [0, 0.1) is 11.8 Å². The van der Waals surface area contributed by atoms with Gasteiger partial charge in [-0.1, -0.05) is 30.0 Å². The van der Waals surface area contributed by atoms with Crippen LogP contribution < -0.4 is 4.90 Å². The fourth-order valence-corrected chi connectivity index (χ4v) is 3.42. The fourth-order valence-electron chi connectivity index (χ4n) is 3.42. The number of rotatable bonds is 2. The van der Waals surface area contributed by atoms with Gasteiger partial charge in [0.15, 0.2) is 0 Å². The monoisotopic (exact) mass is 435 g/mol. The third kappa shape index (κ3) is 5.09. The first kappa shape index (κ1) is 21.4. The highest BCUT2D eigenvalue weighted by Gasteiger charge is 2.31. The van der Waals surface area contributed by atoms with Gasteiger partial charge >= 0.3 is 6.18 Å². The number of alkyl halides is 3. The summed E-state index contributed by atoms with van der Waals surface area (Å²) in [5, 5.41) is 0. The van der Waals surface area contributed by atoms with Crippen molar-refractivity contribution in [2.75, 3.05) is 31.1 Å². The van der Waals surface area contributed by atoms with Crippen molar-refractivity contribution in [2.24, 2.45) is 0 Å². The molecule has 0 N–H and O–H groups in total. The van der Waals surface area contributed by atoms with E-state index in [1.54, 1.807) is 17.0 Å². The summed E-state index contributed by atoms with van der Waals surface area (Å²) in [7, 11) is 0. The lowest BCUT2D eigenvalue weighted by Crippen LogP contribution is -2.49. The minimum absolute atomic E-state index is 0.0763. The molecule has 1 aromatic heterocycles. The number of piperazine rings is 1. The van der Waals surface area contributed by atoms with Crippen molar-refractivity contribution < 1.29 is 18.0 Å². The van der Waals surface area contributed by atoms with E-state index in [1.807, 2.05) is 47.4 Å². The minimum Gasteiger partial charge on any atom is -0.353 e. The molecule has 2 aromatic carbocycles. The zero-order valence-electron chi connectivity index (χ0n) is 17.1. The van der Waals surface area contributed by atoms with Crippen LogP contribution in [0.25, 0.3) is 0 Å². The van der Waals surface area contributed by atoms with Crippen molar-refractivity contribution in [3.63, 3.8) is 0 Å². The quantitative estimate of drug-likeness (QED) is 0.558. The highest BCUT2D eigenvalue weighted by molar-refractivity contribution is 5.94. The van der Waals surface area contributed by atoms with Crippen LogP contribution in [-0.2, 0) is 6.18 Å². The Morgan fingerprint density at radius 1 is 0.812 bits per heavy atom. The normalized spacial score (nSPS) is 14.0. The summed E-state index contributed by atoms with van der Waals surface area (Å²) in [5.41, 5.74) is 1.56. The zero-order valence-corrected chi connectivity index (χ0v) is 17.1. The van der Waals surface area contributed by atoms with Gasteiger partial charge in [-0.25, -0.2) is 4.98 Å². The summed E-state index contributed by atoms with van der Waals surface area (Å²) < 4.78 is 38.1. The Morgan fingerprint density at radius 3 is 2.00 bits per heavy atom. The van der Waals surface area contributed by atoms with Crippen LogP contribution in [0.3, 0.4) is 0 Å². The molecule has 0 bridgehead atoms. The Bertz CT molecular complexity index is 1120. The van der Waals surface area contributed by atoms with E-state index in [4.69, 9.17) is 0 Å². The standard InChI is InChI=1S/C25H20F3N3O/c26-25(27,28)22-12-13-23(29-18-22)30-14-16-31(17-15-30)24(32)21-10-8-20(9-11-21)7-6-19-4-2-1-3-5-19/h1-5,8-13,18H,14-17H2. The molecule has 0 radical (unpaired) electrons. The van der Waals surface area contributed by atoms with E-state index in [0.29, 0.717) is 37.6 Å². The Hall–Kier alpha value is -3.79. The van der Waals surface area contributed by atoms with Crippen LogP contribution in [0.4, 0.5) is 19.0 Å². The summed E-state index contributed by atoms with van der Waals surface area (Å²) in [6.45, 7) is 1.95. The van der Waals surface area contributed by atoms with Crippen molar-refractivity contribution in [1.29, 1.82) is 0 Å². The topological polar surface area (TPSA) is 36.4 Å². The molecule has 0 atom stereocenters. The molecule has 1 aliphatic rings. The molecule has 4 rings (SSSR count). The molecule has 162 valence electrons. The number of amides is 1. The largest absolute Gasteiger partial charge is 0.417 e. The number of pyridine rings is 1. The van der Waals surface area contributed by atoms with E-state index in [-0.39, 0.29) is 5.91 Å². The maximum atomic E-state index is 12.8. The van der Waals surface area contributed by atoms with Crippen molar-refractivity contribution in [2.45, 2.75) is 6.18 Å². The average molecular weight is 435 g/mol. The van der Waals surface area contributed by atoms with Crippen LogP contribution in [0.5, 0.6) is 0 Å². The summed E-state index contributed by atoms with van der Waals surface area (Å²) in [5.74, 6) is 6.57. The summed E-state index contributed by atoms with van der Waals surface area (Å²) in [6.07, 6.45) is -3.56. The predicted octanol–water partition coefficient (Wildman–Crippen LogP) is 4.46. The number of nitrogens with zero attached hydrogens (tertiary/aromatic N) is 3. The van der Waals surface area contributed by atoms with Gasteiger partial charge in [-0.15, -0.1) is 0 Å². The van der Waals surface area contributed by atoms with Gasteiger partial charge in [0.05, 0.1) is 5.56 Å². The highest BCUT2D eigenvalue weighted by atomic mass is 19.4. The summed E-state index contributed by atoms with van der Waals surface area (Å²) >= 11 is 0. The van der Waals surface area contributed by atoms with E-state index in [2.05, 4.69) is 16.8 Å². The van der Waals surface area contributed by atoms with Gasteiger partial charge in [-0.05, 0) is 48.5 Å². The second-order valence-corrected chi connectivity index (χ2v) is 7.38. The molecular formula is C25H20F3N3O. The third-order valence-electron chi connectivity index (χ3n) is 5.22. The number of carbonyl (C=O) groups is 1. The van der Waals surface area contributed by atoms with Gasteiger partial charge in [-0.2, -0.15) is 13.2 Å². The summed E-state index contributed by atoms with van der Waals surface area (Å²) in [4.78, 5) is 20.4. The number of aromatic nitrogens is 1. The van der Waals surface area contributed by atoms with E-state index in [9.17, 15) is 18.0 Å². The molecule has 0 spiro atoms. The van der Waals surface area contributed by atoms with Crippen LogP contribution in [0.2, 0.25) is 0 Å². The second-order valence-electron chi connectivity index (χ2n) is 7.38. The SMILES string of the molecule is O=C(c1ccc(C#Cc2ccccc2)cc1)N1CCN(c2ccc(C(F)(F)F)cn2)CC1. The summed E-state index contributed by atoms with van der Waals surface area (Å²) in [6, 6.07) is 19.2. The first-order chi connectivity index (χ1) is 15.4. The zero-order chi connectivity index (χ0) is 22.6. The van der Waals surface area contributed by atoms with Gasteiger partial charge in [0.25, 0.3) is 5.91 Å². The molecule has 0 unspecified atom stereocenters. The molecule has 4 nitrogen and oxygen atoms in total. The van der Waals surface area contributed by atoms with E-state index in [1.165, 1.54) is 6.07 Å². The lowest BCUT2D eigenvalue weighted by atomic mass is 10.1. The smallest absolute Gasteiger partial charge is 0.353 e. The van der Waals surface area contributed by atoms with Crippen molar-refractivity contribution in [3.8, 4) is 11.8 Å². The van der Waals surface area contributed by atoms with Crippen molar-refractivity contribution in [1.82, 2.24) is 9.88 Å². The molecule has 0 saturated carbocycles. The molecule has 2 heterocycles. The Labute approximate surface area is 184 Å². The molecule has 7 heteroatoms. The lowest BCUT2D eigenvalue weighted by molar-refractivity contribution is -0.137. The fraction of sp³-hybridized carbons (Fsp3) is 0.200. The number of anilines is 1. The van der Waals surface area contributed by atoms with Crippen molar-refractivity contribution >= 4 is 11.7 Å². The van der Waals surface area contributed by atoms with Crippen molar-refractivity contribution in [3.05, 3.63) is 95.2 Å². The number of benzene rings is 2. The van der Waals surface area contributed by atoms with Gasteiger partial charge in [0, 0.05) is 49.1 Å². The maximum Gasteiger partial charge on any atom is 0.417 e. The molecule has 1 fully saturated rings. The number of halogens is 3. The van der Waals surface area contributed by atoms with Gasteiger partial charge in [0.1, 0.15) is 5.82 Å². The second kappa shape index (κ2) is 9.15. The lowest BCUT2D eigenvalue weighted by Gasteiger charge is -2.35. The molecule has 0 aliphatic carbocycles. The van der Waals surface area contributed by atoms with Gasteiger partial charge in [0.2, 0.25) is 0 Å². The minimum atomic E-state index is -4.40. The number of hydrogen-bond donors (Lipinski definition) is 0. The van der Waals surface area contributed by atoms with E-state index in [0.717, 1.165) is 23.4 Å². The van der Waals surface area contributed by atoms with Gasteiger partial charge < -0.3 is 9.80 Å². The molecule has 1 aliphatic heterocycles. The number of carbonyl (C=O) groups excluding carboxylic acids is 1. The van der Waals surface area contributed by atoms with Crippen LogP contribution in [-0.4, -0.2) is 42.0 Å². The molecule has 32 heavy (non-hydrogen) atoms. The molecule has 1 amide bonds. The Morgan fingerprint density at radius 2 is 1.44 bits per heavy atom. The average Bonchev–Trinajstić information content (AvgIpc) is 2.83. The van der Waals surface area contributed by atoms with Crippen LogP contribution in [0.15, 0.2) is 72.9 Å². The van der Waals surface area contributed by atoms with Crippen LogP contribution >= 0.6 is 0 Å². The van der Waals surface area contributed by atoms with E-state index >= 15 is 0 Å². The van der Waals surface area contributed by atoms with E-state index < -0.39 is 11.7 Å². The third-order valence-corrected chi connectivity index (χ3v) is 5.22. The Kier molecular flexibility index (Phi) is 6.13. The highest BCUT2D eigenvalue weighted by Crippen LogP contribution is 2.29. The first-order valence-corrected chi connectivity index (χ1v) is 10.1. The molecule has 3 aromatic rings. The van der Waals surface area contributed by atoms with Gasteiger partial charge in [-0.3, -0.25) is 4.79 Å². The maximum absolute atomic E-state index is 12.8. The van der Waals surface area contributed by atoms with Crippen LogP contribution in [0.1, 0.15) is 27.0 Å². The predicted molar refractivity (Wildman–Crippen MR) is 116 cm³/mol. The first-order valence-electron chi connectivity index (χ1n) is 10.1. The number of hydrogen-bond acceptors (Lipinski definition) is 3. The molecule has 1 saturated heterocycles. The Balaban J connectivity index is 1.35. The molecular weight excluding hydrogens is 415 g/mol.